The Morgan fingerprint density at radius 2 is 1.92 bits per heavy atom. The largest absolute Gasteiger partial charge is 0.573 e. The highest BCUT2D eigenvalue weighted by atomic mass is 19.4. The first-order valence-corrected chi connectivity index (χ1v) is 7.51. The Labute approximate surface area is 141 Å². The molecule has 3 aromatic rings. The van der Waals surface area contributed by atoms with E-state index >= 15 is 0 Å². The van der Waals surface area contributed by atoms with Gasteiger partial charge in [0.2, 0.25) is 0 Å². The van der Waals surface area contributed by atoms with E-state index in [4.69, 9.17) is 0 Å². The molecular weight excluding hydrogens is 335 g/mol. The van der Waals surface area contributed by atoms with Gasteiger partial charge in [-0.25, -0.2) is 4.79 Å². The lowest BCUT2D eigenvalue weighted by molar-refractivity contribution is -0.274. The van der Waals surface area contributed by atoms with Crippen LogP contribution in [-0.4, -0.2) is 22.0 Å². The van der Waals surface area contributed by atoms with Gasteiger partial charge in [-0.2, -0.15) is 0 Å². The molecule has 3 rings (SSSR count). The first-order valence-electron chi connectivity index (χ1n) is 7.51. The minimum absolute atomic E-state index is 0.105. The summed E-state index contributed by atoms with van der Waals surface area (Å²) in [4.78, 5) is 11.5. The van der Waals surface area contributed by atoms with Crippen molar-refractivity contribution in [1.29, 1.82) is 0 Å². The van der Waals surface area contributed by atoms with Gasteiger partial charge in [0.25, 0.3) is 0 Å². The van der Waals surface area contributed by atoms with Crippen LogP contribution in [0.3, 0.4) is 0 Å². The number of aromatic nitrogens is 1. The SMILES string of the molecule is CCn1cc(C(=O)O)c2cc(-c3ccccc3OC(F)(F)F)ccc21. The summed E-state index contributed by atoms with van der Waals surface area (Å²) >= 11 is 0. The van der Waals surface area contributed by atoms with Gasteiger partial charge in [0, 0.05) is 29.2 Å². The second-order valence-corrected chi connectivity index (χ2v) is 5.41. The molecule has 0 fully saturated rings. The number of halogens is 3. The van der Waals surface area contributed by atoms with Crippen molar-refractivity contribution < 1.29 is 27.8 Å². The quantitative estimate of drug-likeness (QED) is 0.727. The van der Waals surface area contributed by atoms with Crippen LogP contribution in [0.5, 0.6) is 5.75 Å². The first kappa shape index (κ1) is 16.9. The van der Waals surface area contributed by atoms with E-state index in [0.717, 1.165) is 0 Å². The number of nitrogens with zero attached hydrogens (tertiary/aromatic N) is 1. The minimum atomic E-state index is -4.81. The third kappa shape index (κ3) is 3.31. The molecule has 0 saturated carbocycles. The fourth-order valence-electron chi connectivity index (χ4n) is 2.82. The summed E-state index contributed by atoms with van der Waals surface area (Å²) in [6.45, 7) is 2.46. The summed E-state index contributed by atoms with van der Waals surface area (Å²) in [6, 6.07) is 10.7. The lowest BCUT2D eigenvalue weighted by Crippen LogP contribution is -2.17. The molecule has 0 radical (unpaired) electrons. The highest BCUT2D eigenvalue weighted by Crippen LogP contribution is 2.36. The molecular formula is C18H14F3NO3. The van der Waals surface area contributed by atoms with Gasteiger partial charge < -0.3 is 14.4 Å². The van der Waals surface area contributed by atoms with Crippen LogP contribution in [-0.2, 0) is 6.54 Å². The summed E-state index contributed by atoms with van der Waals surface area (Å²) in [6.07, 6.45) is -3.28. The average Bonchev–Trinajstić information content (AvgIpc) is 2.92. The zero-order valence-electron chi connectivity index (χ0n) is 13.2. The number of benzene rings is 2. The molecule has 0 atom stereocenters. The standard InChI is InChI=1S/C18H14F3NO3/c1-2-22-10-14(17(23)24)13-9-11(7-8-15(13)22)12-5-3-4-6-16(12)25-18(19,20)21/h3-10H,2H2,1H3,(H,23,24). The van der Waals surface area contributed by atoms with E-state index in [1.165, 1.54) is 24.4 Å². The number of carbonyl (C=O) groups is 1. The maximum absolute atomic E-state index is 12.6. The second kappa shape index (κ2) is 6.16. The van der Waals surface area contributed by atoms with Gasteiger partial charge in [-0.15, -0.1) is 13.2 Å². The predicted molar refractivity (Wildman–Crippen MR) is 86.7 cm³/mol. The van der Waals surface area contributed by atoms with E-state index < -0.39 is 12.3 Å². The third-order valence-corrected chi connectivity index (χ3v) is 3.88. The summed E-state index contributed by atoms with van der Waals surface area (Å²) < 4.78 is 43.7. The van der Waals surface area contributed by atoms with Crippen molar-refractivity contribution in [2.75, 3.05) is 0 Å². The second-order valence-electron chi connectivity index (χ2n) is 5.41. The van der Waals surface area contributed by atoms with Crippen LogP contribution >= 0.6 is 0 Å². The van der Waals surface area contributed by atoms with E-state index in [1.54, 1.807) is 28.8 Å². The fourth-order valence-corrected chi connectivity index (χ4v) is 2.82. The Hall–Kier alpha value is -2.96. The average molecular weight is 349 g/mol. The number of rotatable bonds is 4. The molecule has 1 N–H and O–H groups in total. The molecule has 4 nitrogen and oxygen atoms in total. The topological polar surface area (TPSA) is 51.5 Å². The molecule has 0 unspecified atom stereocenters. The van der Waals surface area contributed by atoms with Gasteiger partial charge in [0.05, 0.1) is 5.56 Å². The van der Waals surface area contributed by atoms with E-state index in [0.29, 0.717) is 23.0 Å². The van der Waals surface area contributed by atoms with Crippen molar-refractivity contribution in [1.82, 2.24) is 4.57 Å². The van der Waals surface area contributed by atoms with Crippen LogP contribution in [0.25, 0.3) is 22.0 Å². The van der Waals surface area contributed by atoms with Crippen LogP contribution in [0.2, 0.25) is 0 Å². The maximum Gasteiger partial charge on any atom is 0.573 e. The number of carboxylic acids is 1. The molecule has 2 aromatic carbocycles. The van der Waals surface area contributed by atoms with Crippen molar-refractivity contribution in [3.8, 4) is 16.9 Å². The number of aryl methyl sites for hydroxylation is 1. The van der Waals surface area contributed by atoms with Crippen molar-refractivity contribution >= 4 is 16.9 Å². The molecule has 0 amide bonds. The first-order chi connectivity index (χ1) is 11.8. The number of alkyl halides is 3. The zero-order chi connectivity index (χ0) is 18.2. The highest BCUT2D eigenvalue weighted by Gasteiger charge is 2.32. The van der Waals surface area contributed by atoms with Gasteiger partial charge in [0.1, 0.15) is 5.75 Å². The summed E-state index contributed by atoms with van der Waals surface area (Å²) in [7, 11) is 0. The predicted octanol–water partition coefficient (Wildman–Crippen LogP) is 4.93. The van der Waals surface area contributed by atoms with Gasteiger partial charge in [-0.05, 0) is 30.7 Å². The van der Waals surface area contributed by atoms with Crippen molar-refractivity contribution in [2.45, 2.75) is 19.8 Å². The molecule has 7 heteroatoms. The summed E-state index contributed by atoms with van der Waals surface area (Å²) in [5, 5.41) is 9.84. The molecule has 1 aromatic heterocycles. The van der Waals surface area contributed by atoms with Gasteiger partial charge in [-0.3, -0.25) is 0 Å². The van der Waals surface area contributed by atoms with Crippen LogP contribution in [0.1, 0.15) is 17.3 Å². The molecule has 0 spiro atoms. The number of hydrogen-bond donors (Lipinski definition) is 1. The number of ether oxygens (including phenoxy) is 1. The van der Waals surface area contributed by atoms with Crippen LogP contribution in [0, 0.1) is 0 Å². The molecule has 0 saturated heterocycles. The molecule has 1 heterocycles. The van der Waals surface area contributed by atoms with Crippen molar-refractivity contribution in [3.63, 3.8) is 0 Å². The minimum Gasteiger partial charge on any atom is -0.478 e. The lowest BCUT2D eigenvalue weighted by Gasteiger charge is -2.13. The summed E-state index contributed by atoms with van der Waals surface area (Å²) in [5.41, 5.74) is 1.50. The van der Waals surface area contributed by atoms with E-state index in [2.05, 4.69) is 4.74 Å². The Morgan fingerprint density at radius 1 is 1.20 bits per heavy atom. The van der Waals surface area contributed by atoms with E-state index in [-0.39, 0.29) is 16.9 Å². The Morgan fingerprint density at radius 3 is 2.56 bits per heavy atom. The molecule has 0 aliphatic rings. The van der Waals surface area contributed by atoms with Gasteiger partial charge >= 0.3 is 12.3 Å². The van der Waals surface area contributed by atoms with Crippen LogP contribution in [0.15, 0.2) is 48.7 Å². The van der Waals surface area contributed by atoms with Crippen LogP contribution < -0.4 is 4.74 Å². The zero-order valence-corrected chi connectivity index (χ0v) is 13.2. The number of carboxylic acid groups (broad SMARTS) is 1. The molecule has 0 bridgehead atoms. The number of aromatic carboxylic acids is 1. The molecule has 0 aliphatic carbocycles. The highest BCUT2D eigenvalue weighted by molar-refractivity contribution is 6.04. The van der Waals surface area contributed by atoms with Crippen molar-refractivity contribution in [3.05, 3.63) is 54.2 Å². The lowest BCUT2D eigenvalue weighted by atomic mass is 10.0. The molecule has 130 valence electrons. The normalized spacial score (nSPS) is 11.7. The van der Waals surface area contributed by atoms with Crippen LogP contribution in [0.4, 0.5) is 13.2 Å². The summed E-state index contributed by atoms with van der Waals surface area (Å²) in [5.74, 6) is -1.42. The third-order valence-electron chi connectivity index (χ3n) is 3.88. The molecule has 25 heavy (non-hydrogen) atoms. The van der Waals surface area contributed by atoms with Gasteiger partial charge in [0.15, 0.2) is 0 Å². The van der Waals surface area contributed by atoms with Gasteiger partial charge in [-0.1, -0.05) is 24.3 Å². The maximum atomic E-state index is 12.6. The Kier molecular flexibility index (Phi) is 4.16. The van der Waals surface area contributed by atoms with Crippen molar-refractivity contribution in [2.24, 2.45) is 0 Å². The number of fused-ring (bicyclic) bond motifs is 1. The Balaban J connectivity index is 2.18. The Bertz CT molecular complexity index is 944. The van der Waals surface area contributed by atoms with E-state index in [1.807, 2.05) is 6.92 Å². The molecule has 0 aliphatic heterocycles. The smallest absolute Gasteiger partial charge is 0.478 e. The number of hydrogen-bond acceptors (Lipinski definition) is 2. The fraction of sp³-hybridized carbons (Fsp3) is 0.167. The number of para-hydroxylation sites is 1. The van der Waals surface area contributed by atoms with E-state index in [9.17, 15) is 23.1 Å². The monoisotopic (exact) mass is 349 g/mol.